The van der Waals surface area contributed by atoms with Gasteiger partial charge in [0.05, 0.1) is 11.1 Å². The second kappa shape index (κ2) is 7.26. The van der Waals surface area contributed by atoms with Gasteiger partial charge in [0.25, 0.3) is 10.0 Å². The van der Waals surface area contributed by atoms with Crippen molar-refractivity contribution in [1.82, 2.24) is 4.83 Å². The maximum absolute atomic E-state index is 12.0. The van der Waals surface area contributed by atoms with E-state index < -0.39 is 16.0 Å². The van der Waals surface area contributed by atoms with Gasteiger partial charge in [-0.3, -0.25) is 4.79 Å². The fourth-order valence-electron chi connectivity index (χ4n) is 1.62. The second-order valence-electron chi connectivity index (χ2n) is 4.47. The summed E-state index contributed by atoms with van der Waals surface area (Å²) in [4.78, 5) is 13.0. The zero-order valence-corrected chi connectivity index (χ0v) is 13.6. The summed E-state index contributed by atoms with van der Waals surface area (Å²) in [5.74, 6) is -0.0152. The molecule has 0 atom stereocenters. The topological polar surface area (TPSA) is 84.8 Å². The highest BCUT2D eigenvalue weighted by atomic mass is 35.5. The van der Waals surface area contributed by atoms with Crippen molar-refractivity contribution >= 4 is 33.8 Å². The highest BCUT2D eigenvalue weighted by Crippen LogP contribution is 2.14. The first-order chi connectivity index (χ1) is 10.9. The van der Waals surface area contributed by atoms with Crippen molar-refractivity contribution in [2.45, 2.75) is 11.8 Å². The maximum Gasteiger partial charge on any atom is 0.308 e. The number of nitrogens with zero attached hydrogens (tertiary/aromatic N) is 1. The normalized spacial score (nSPS) is 11.4. The molecule has 0 saturated heterocycles. The molecule has 0 aromatic heterocycles. The molecule has 1 N–H and O–H groups in total. The number of esters is 1. The van der Waals surface area contributed by atoms with E-state index >= 15 is 0 Å². The monoisotopic (exact) mass is 352 g/mol. The van der Waals surface area contributed by atoms with E-state index in [4.69, 9.17) is 16.3 Å². The zero-order valence-electron chi connectivity index (χ0n) is 12.1. The van der Waals surface area contributed by atoms with Crippen LogP contribution in [0.4, 0.5) is 0 Å². The van der Waals surface area contributed by atoms with Gasteiger partial charge in [-0.15, -0.1) is 0 Å². The van der Waals surface area contributed by atoms with Crippen molar-refractivity contribution in [2.75, 3.05) is 0 Å². The lowest BCUT2D eigenvalue weighted by atomic mass is 10.2. The largest absolute Gasteiger partial charge is 0.427 e. The molecule has 0 bridgehead atoms. The number of hydrogen-bond donors (Lipinski definition) is 1. The third kappa shape index (κ3) is 5.08. The Morgan fingerprint density at radius 3 is 2.30 bits per heavy atom. The minimum atomic E-state index is -3.75. The van der Waals surface area contributed by atoms with Crippen molar-refractivity contribution in [2.24, 2.45) is 5.10 Å². The fourth-order valence-corrected chi connectivity index (χ4v) is 2.54. The molecule has 0 heterocycles. The van der Waals surface area contributed by atoms with Crippen LogP contribution in [0, 0.1) is 0 Å². The number of rotatable bonds is 5. The Labute approximate surface area is 138 Å². The van der Waals surface area contributed by atoms with Crippen LogP contribution in [0.15, 0.2) is 58.5 Å². The molecular weight excluding hydrogens is 340 g/mol. The number of halogens is 1. The first-order valence-corrected chi connectivity index (χ1v) is 8.32. The molecule has 0 aliphatic rings. The highest BCUT2D eigenvalue weighted by molar-refractivity contribution is 7.89. The summed E-state index contributed by atoms with van der Waals surface area (Å²) in [6, 6.07) is 12.2. The van der Waals surface area contributed by atoms with Crippen LogP contribution in [0.3, 0.4) is 0 Å². The van der Waals surface area contributed by atoms with Gasteiger partial charge in [-0.05, 0) is 54.1 Å². The van der Waals surface area contributed by atoms with E-state index in [0.29, 0.717) is 16.3 Å². The number of sulfonamides is 1. The first kappa shape index (κ1) is 17.0. The van der Waals surface area contributed by atoms with Gasteiger partial charge in [-0.25, -0.2) is 4.83 Å². The van der Waals surface area contributed by atoms with Crippen molar-refractivity contribution in [3.8, 4) is 5.75 Å². The van der Waals surface area contributed by atoms with Crippen LogP contribution >= 0.6 is 11.6 Å². The molecule has 0 aliphatic heterocycles. The number of carbonyl (C=O) groups excluding carboxylic acids is 1. The summed E-state index contributed by atoms with van der Waals surface area (Å²) >= 11 is 5.71. The molecule has 2 rings (SSSR count). The molecule has 6 nitrogen and oxygen atoms in total. The van der Waals surface area contributed by atoms with Crippen LogP contribution < -0.4 is 9.57 Å². The van der Waals surface area contributed by atoms with E-state index in [1.54, 1.807) is 24.3 Å². The van der Waals surface area contributed by atoms with Crippen LogP contribution in [0.25, 0.3) is 0 Å². The van der Waals surface area contributed by atoms with E-state index in [1.807, 2.05) is 0 Å². The van der Waals surface area contributed by atoms with Crippen molar-refractivity contribution < 1.29 is 17.9 Å². The molecule has 8 heteroatoms. The fraction of sp³-hybridized carbons (Fsp3) is 0.0667. The van der Waals surface area contributed by atoms with Crippen LogP contribution in [-0.4, -0.2) is 20.6 Å². The van der Waals surface area contributed by atoms with Crippen molar-refractivity contribution in [3.63, 3.8) is 0 Å². The molecule has 2 aromatic rings. The molecule has 0 fully saturated rings. The zero-order chi connectivity index (χ0) is 16.9. The number of hydrazone groups is 1. The Morgan fingerprint density at radius 1 is 1.13 bits per heavy atom. The summed E-state index contributed by atoms with van der Waals surface area (Å²) < 4.78 is 28.9. The van der Waals surface area contributed by atoms with Crippen LogP contribution in [-0.2, 0) is 14.8 Å². The van der Waals surface area contributed by atoms with E-state index in [9.17, 15) is 13.2 Å². The predicted molar refractivity (Wildman–Crippen MR) is 87.1 cm³/mol. The average Bonchev–Trinajstić information content (AvgIpc) is 2.49. The Bertz CT molecular complexity index is 816. The Kier molecular flexibility index (Phi) is 5.36. The van der Waals surface area contributed by atoms with Crippen molar-refractivity contribution in [3.05, 3.63) is 59.1 Å². The minimum Gasteiger partial charge on any atom is -0.427 e. The molecule has 0 radical (unpaired) electrons. The summed E-state index contributed by atoms with van der Waals surface area (Å²) in [5.41, 5.74) is 0.639. The van der Waals surface area contributed by atoms with E-state index in [1.165, 1.54) is 37.4 Å². The van der Waals surface area contributed by atoms with Gasteiger partial charge in [-0.1, -0.05) is 11.6 Å². The van der Waals surface area contributed by atoms with Gasteiger partial charge in [0.1, 0.15) is 5.75 Å². The molecule has 2 aromatic carbocycles. The molecule has 0 spiro atoms. The Morgan fingerprint density at radius 2 is 1.74 bits per heavy atom. The van der Waals surface area contributed by atoms with E-state index in [0.717, 1.165) is 0 Å². The van der Waals surface area contributed by atoms with Crippen LogP contribution in [0.1, 0.15) is 12.5 Å². The molecule has 0 amide bonds. The smallest absolute Gasteiger partial charge is 0.308 e. The maximum atomic E-state index is 12.0. The summed E-state index contributed by atoms with van der Waals surface area (Å²) in [7, 11) is -3.75. The van der Waals surface area contributed by atoms with E-state index in [2.05, 4.69) is 9.93 Å². The summed E-state index contributed by atoms with van der Waals surface area (Å²) in [6.45, 7) is 1.31. The number of hydrogen-bond acceptors (Lipinski definition) is 5. The van der Waals surface area contributed by atoms with Gasteiger partial charge >= 0.3 is 5.97 Å². The summed E-state index contributed by atoms with van der Waals surface area (Å²) in [6.07, 6.45) is 1.34. The van der Waals surface area contributed by atoms with Crippen LogP contribution in [0.2, 0.25) is 5.02 Å². The molecule has 120 valence electrons. The predicted octanol–water partition coefficient (Wildman–Crippen LogP) is 2.58. The van der Waals surface area contributed by atoms with Crippen LogP contribution in [0.5, 0.6) is 5.75 Å². The third-order valence-electron chi connectivity index (χ3n) is 2.65. The standard InChI is InChI=1S/C15H13ClN2O4S/c1-11(19)22-14-6-2-12(3-7-14)10-17-18-23(20,21)15-8-4-13(16)5-9-15/h2-10,18H,1H3/b17-10+. The number of benzene rings is 2. The molecule has 0 unspecified atom stereocenters. The minimum absolute atomic E-state index is 0.0595. The number of nitrogens with one attached hydrogen (secondary N) is 1. The SMILES string of the molecule is CC(=O)Oc1ccc(/C=N/NS(=O)(=O)c2ccc(Cl)cc2)cc1. The lowest BCUT2D eigenvalue weighted by Gasteiger charge is -2.03. The molecular formula is C15H13ClN2O4S. The number of carbonyl (C=O) groups is 1. The quantitative estimate of drug-likeness (QED) is 0.388. The highest BCUT2D eigenvalue weighted by Gasteiger charge is 2.11. The van der Waals surface area contributed by atoms with Gasteiger partial charge in [0.15, 0.2) is 0 Å². The molecule has 23 heavy (non-hydrogen) atoms. The van der Waals surface area contributed by atoms with Gasteiger partial charge in [0.2, 0.25) is 0 Å². The lowest BCUT2D eigenvalue weighted by molar-refractivity contribution is -0.131. The van der Waals surface area contributed by atoms with Crippen molar-refractivity contribution in [1.29, 1.82) is 0 Å². The van der Waals surface area contributed by atoms with Gasteiger partial charge in [-0.2, -0.15) is 13.5 Å². The first-order valence-electron chi connectivity index (χ1n) is 6.46. The second-order valence-corrected chi connectivity index (χ2v) is 6.57. The average molecular weight is 353 g/mol. The Balaban J connectivity index is 2.03. The Hall–Kier alpha value is -2.38. The number of ether oxygens (including phenoxy) is 1. The molecule has 0 saturated carbocycles. The lowest BCUT2D eigenvalue weighted by Crippen LogP contribution is -2.18. The van der Waals surface area contributed by atoms with E-state index in [-0.39, 0.29) is 4.90 Å². The van der Waals surface area contributed by atoms with Gasteiger partial charge in [0, 0.05) is 11.9 Å². The van der Waals surface area contributed by atoms with Gasteiger partial charge < -0.3 is 4.74 Å². The molecule has 0 aliphatic carbocycles. The third-order valence-corrected chi connectivity index (χ3v) is 4.14. The summed E-state index contributed by atoms with van der Waals surface area (Å²) in [5, 5.41) is 4.14.